The minimum Gasteiger partial charge on any atom is -0.394 e. The van der Waals surface area contributed by atoms with Gasteiger partial charge in [0.2, 0.25) is 0 Å². The lowest BCUT2D eigenvalue weighted by molar-refractivity contribution is 0.157. The fourth-order valence-electron chi connectivity index (χ4n) is 3.59. The van der Waals surface area contributed by atoms with Crippen molar-refractivity contribution in [1.82, 2.24) is 10.2 Å². The van der Waals surface area contributed by atoms with Gasteiger partial charge in [0.15, 0.2) is 0 Å². The molecule has 3 heteroatoms. The highest BCUT2D eigenvalue weighted by molar-refractivity contribution is 4.83. The predicted octanol–water partition coefficient (Wildman–Crippen LogP) is 3.28. The summed E-state index contributed by atoms with van der Waals surface area (Å²) in [6, 6.07) is 0. The summed E-state index contributed by atoms with van der Waals surface area (Å²) in [5.41, 5.74) is 0.352. The summed E-state index contributed by atoms with van der Waals surface area (Å²) in [7, 11) is 0. The Morgan fingerprint density at radius 2 is 1.86 bits per heavy atom. The summed E-state index contributed by atoms with van der Waals surface area (Å²) in [6.07, 6.45) is 6.28. The van der Waals surface area contributed by atoms with Crippen LogP contribution < -0.4 is 5.32 Å². The number of hydrogen-bond donors (Lipinski definition) is 2. The number of rotatable bonds is 7. The molecule has 1 aliphatic heterocycles. The average Bonchev–Trinajstić information content (AvgIpc) is 2.64. The molecule has 1 rings (SSSR count). The topological polar surface area (TPSA) is 35.5 Å². The van der Waals surface area contributed by atoms with Gasteiger partial charge in [0.05, 0.1) is 6.61 Å². The average molecular weight is 299 g/mol. The van der Waals surface area contributed by atoms with Crippen LogP contribution in [0.1, 0.15) is 66.7 Å². The third-order valence-electron chi connectivity index (χ3n) is 5.20. The molecule has 0 spiro atoms. The Morgan fingerprint density at radius 1 is 1.14 bits per heavy atom. The third kappa shape index (κ3) is 6.66. The van der Waals surface area contributed by atoms with Crippen LogP contribution in [0, 0.1) is 11.3 Å². The minimum atomic E-state index is -0.103. The third-order valence-corrected chi connectivity index (χ3v) is 5.20. The molecule has 1 heterocycles. The lowest BCUT2D eigenvalue weighted by Gasteiger charge is -2.30. The molecule has 1 fully saturated rings. The molecule has 0 aromatic rings. The van der Waals surface area contributed by atoms with Gasteiger partial charge in [0.1, 0.15) is 0 Å². The Labute approximate surface area is 132 Å². The van der Waals surface area contributed by atoms with E-state index in [0.29, 0.717) is 5.41 Å². The van der Waals surface area contributed by atoms with Gasteiger partial charge in [-0.25, -0.2) is 0 Å². The van der Waals surface area contributed by atoms with Crippen LogP contribution in [-0.2, 0) is 0 Å². The SMILES string of the molecule is CCNC(C)(CO)CCCN1CCCC(C(C)(C)C)CC1. The van der Waals surface area contributed by atoms with Gasteiger partial charge in [-0.05, 0) is 76.5 Å². The smallest absolute Gasteiger partial charge is 0.0610 e. The van der Waals surface area contributed by atoms with E-state index in [4.69, 9.17) is 0 Å². The highest BCUT2D eigenvalue weighted by Gasteiger charge is 2.27. The van der Waals surface area contributed by atoms with E-state index in [-0.39, 0.29) is 12.1 Å². The lowest BCUT2D eigenvalue weighted by atomic mass is 9.77. The quantitative estimate of drug-likeness (QED) is 0.757. The van der Waals surface area contributed by atoms with E-state index in [0.717, 1.165) is 18.9 Å². The van der Waals surface area contributed by atoms with Crippen molar-refractivity contribution in [3.05, 3.63) is 0 Å². The molecule has 0 radical (unpaired) electrons. The maximum Gasteiger partial charge on any atom is 0.0610 e. The zero-order valence-corrected chi connectivity index (χ0v) is 15.0. The number of aliphatic hydroxyl groups excluding tert-OH is 1. The van der Waals surface area contributed by atoms with Gasteiger partial charge in [-0.1, -0.05) is 27.7 Å². The Morgan fingerprint density at radius 3 is 2.43 bits per heavy atom. The molecule has 3 nitrogen and oxygen atoms in total. The van der Waals surface area contributed by atoms with Crippen LogP contribution in [0.3, 0.4) is 0 Å². The molecule has 1 aliphatic rings. The molecule has 1 saturated heterocycles. The molecule has 126 valence electrons. The van der Waals surface area contributed by atoms with Gasteiger partial charge in [-0.2, -0.15) is 0 Å². The zero-order valence-electron chi connectivity index (χ0n) is 15.0. The Bertz CT molecular complexity index is 287. The van der Waals surface area contributed by atoms with Gasteiger partial charge in [0.25, 0.3) is 0 Å². The van der Waals surface area contributed by atoms with Crippen molar-refractivity contribution in [1.29, 1.82) is 0 Å². The van der Waals surface area contributed by atoms with Crippen LogP contribution in [0.15, 0.2) is 0 Å². The van der Waals surface area contributed by atoms with E-state index in [2.05, 4.69) is 44.8 Å². The minimum absolute atomic E-state index is 0.103. The fourth-order valence-corrected chi connectivity index (χ4v) is 3.59. The number of hydrogen-bond acceptors (Lipinski definition) is 3. The normalized spacial score (nSPS) is 24.6. The Hall–Kier alpha value is -0.120. The zero-order chi connectivity index (χ0) is 15.9. The van der Waals surface area contributed by atoms with E-state index >= 15 is 0 Å². The molecule has 0 aromatic carbocycles. The summed E-state index contributed by atoms with van der Waals surface area (Å²) in [5, 5.41) is 13.0. The van der Waals surface area contributed by atoms with E-state index in [9.17, 15) is 5.11 Å². The molecular formula is C18H38N2O. The van der Waals surface area contributed by atoms with Crippen molar-refractivity contribution < 1.29 is 5.11 Å². The lowest BCUT2D eigenvalue weighted by Crippen LogP contribution is -2.46. The second-order valence-corrected chi connectivity index (χ2v) is 8.19. The summed E-state index contributed by atoms with van der Waals surface area (Å²) in [6.45, 7) is 16.2. The summed E-state index contributed by atoms with van der Waals surface area (Å²) in [4.78, 5) is 2.63. The van der Waals surface area contributed by atoms with Gasteiger partial charge in [-0.3, -0.25) is 0 Å². The van der Waals surface area contributed by atoms with Crippen molar-refractivity contribution in [3.63, 3.8) is 0 Å². The summed E-state index contributed by atoms with van der Waals surface area (Å²) >= 11 is 0. The second-order valence-electron chi connectivity index (χ2n) is 8.19. The molecule has 0 aliphatic carbocycles. The number of likely N-dealkylation sites (tertiary alicyclic amines) is 1. The Kier molecular flexibility index (Phi) is 7.66. The van der Waals surface area contributed by atoms with Crippen molar-refractivity contribution >= 4 is 0 Å². The molecular weight excluding hydrogens is 260 g/mol. The van der Waals surface area contributed by atoms with Crippen molar-refractivity contribution in [2.24, 2.45) is 11.3 Å². The standard InChI is InChI=1S/C18H38N2O/c1-6-19-18(5,15-21)11-8-13-20-12-7-9-16(10-14-20)17(2,3)4/h16,19,21H,6-15H2,1-5H3. The number of nitrogens with zero attached hydrogens (tertiary/aromatic N) is 1. The van der Waals surface area contributed by atoms with Crippen LogP contribution in [0.4, 0.5) is 0 Å². The van der Waals surface area contributed by atoms with E-state index < -0.39 is 0 Å². The fraction of sp³-hybridized carbons (Fsp3) is 1.00. The van der Waals surface area contributed by atoms with Crippen LogP contribution in [0.2, 0.25) is 0 Å². The highest BCUT2D eigenvalue weighted by Crippen LogP contribution is 2.34. The van der Waals surface area contributed by atoms with Gasteiger partial charge >= 0.3 is 0 Å². The van der Waals surface area contributed by atoms with Gasteiger partial charge in [0, 0.05) is 5.54 Å². The number of likely N-dealkylation sites (N-methyl/N-ethyl adjacent to an activating group) is 1. The highest BCUT2D eigenvalue weighted by atomic mass is 16.3. The molecule has 2 atom stereocenters. The Balaban J connectivity index is 2.33. The largest absolute Gasteiger partial charge is 0.394 e. The van der Waals surface area contributed by atoms with Crippen LogP contribution in [0.5, 0.6) is 0 Å². The van der Waals surface area contributed by atoms with E-state index in [1.54, 1.807) is 0 Å². The molecule has 0 amide bonds. The van der Waals surface area contributed by atoms with Crippen molar-refractivity contribution in [2.75, 3.05) is 32.8 Å². The first-order valence-corrected chi connectivity index (χ1v) is 8.89. The maximum atomic E-state index is 9.55. The van der Waals surface area contributed by atoms with Crippen molar-refractivity contribution in [3.8, 4) is 0 Å². The molecule has 0 bridgehead atoms. The first-order valence-electron chi connectivity index (χ1n) is 8.89. The molecule has 0 saturated carbocycles. The summed E-state index contributed by atoms with van der Waals surface area (Å²) in [5.74, 6) is 0.868. The molecule has 21 heavy (non-hydrogen) atoms. The van der Waals surface area contributed by atoms with Gasteiger partial charge < -0.3 is 15.3 Å². The summed E-state index contributed by atoms with van der Waals surface area (Å²) < 4.78 is 0. The molecule has 2 N–H and O–H groups in total. The number of nitrogens with one attached hydrogen (secondary N) is 1. The van der Waals surface area contributed by atoms with Crippen LogP contribution >= 0.6 is 0 Å². The monoisotopic (exact) mass is 298 g/mol. The molecule has 0 aromatic heterocycles. The van der Waals surface area contributed by atoms with Crippen LogP contribution in [-0.4, -0.2) is 48.3 Å². The first-order chi connectivity index (χ1) is 9.80. The van der Waals surface area contributed by atoms with Crippen LogP contribution in [0.25, 0.3) is 0 Å². The van der Waals surface area contributed by atoms with Gasteiger partial charge in [-0.15, -0.1) is 0 Å². The van der Waals surface area contributed by atoms with E-state index in [1.165, 1.54) is 45.3 Å². The van der Waals surface area contributed by atoms with Crippen molar-refractivity contribution in [2.45, 2.75) is 72.3 Å². The van der Waals surface area contributed by atoms with E-state index in [1.807, 2.05) is 0 Å². The second kappa shape index (κ2) is 8.50. The molecule has 2 unspecified atom stereocenters. The predicted molar refractivity (Wildman–Crippen MR) is 91.6 cm³/mol. The number of aliphatic hydroxyl groups is 1. The first kappa shape index (κ1) is 18.9. The maximum absolute atomic E-state index is 9.55.